The van der Waals surface area contributed by atoms with Crippen molar-refractivity contribution >= 4 is 22.8 Å². The van der Waals surface area contributed by atoms with E-state index in [1.165, 1.54) is 31.3 Å². The topological polar surface area (TPSA) is 35.6 Å². The van der Waals surface area contributed by atoms with Gasteiger partial charge >= 0.3 is 0 Å². The number of fused-ring (bicyclic) bond motifs is 1. The molecule has 4 nitrogen and oxygen atoms in total. The minimum atomic E-state index is 0.627. The zero-order valence-corrected chi connectivity index (χ0v) is 13.9. The first-order valence-electron chi connectivity index (χ1n) is 8.21. The number of nitrogens with zero attached hydrogens (tertiary/aromatic N) is 4. The molecule has 0 radical (unpaired) electrons. The number of rotatable bonds is 8. The van der Waals surface area contributed by atoms with Crippen LogP contribution in [0.4, 0.5) is 0 Å². The maximum atomic E-state index is 5.96. The Kier molecular flexibility index (Phi) is 4.53. The molecule has 0 aliphatic heterocycles. The number of alkyl halides is 1. The molecule has 0 unspecified atom stereocenters. The molecule has 3 rings (SSSR count). The van der Waals surface area contributed by atoms with Gasteiger partial charge in [0.05, 0.1) is 5.69 Å². The van der Waals surface area contributed by atoms with Crippen LogP contribution in [-0.4, -0.2) is 25.2 Å². The highest BCUT2D eigenvalue weighted by Gasteiger charge is 2.22. The lowest BCUT2D eigenvalue weighted by atomic mass is 10.2. The fourth-order valence-corrected chi connectivity index (χ4v) is 3.32. The first-order valence-corrected chi connectivity index (χ1v) is 8.75. The maximum absolute atomic E-state index is 5.96. The van der Waals surface area contributed by atoms with Gasteiger partial charge in [-0.15, -0.1) is 11.6 Å². The van der Waals surface area contributed by atoms with Crippen LogP contribution < -0.4 is 0 Å². The van der Waals surface area contributed by atoms with Crippen molar-refractivity contribution in [1.82, 2.24) is 19.3 Å². The molecule has 1 saturated carbocycles. The third kappa shape index (κ3) is 3.10. The molecule has 0 N–H and O–H groups in total. The first-order chi connectivity index (χ1) is 10.2. The van der Waals surface area contributed by atoms with Crippen molar-refractivity contribution in [2.24, 2.45) is 13.0 Å². The standard InChI is InChI=1S/C16H25ClN4/c1-3-5-13-15-16(20(2)19-13)21(14(18-15)9-10-17)11-4-6-12-7-8-12/h12H,3-11H2,1-2H3. The highest BCUT2D eigenvalue weighted by atomic mass is 35.5. The zero-order chi connectivity index (χ0) is 14.8. The molecule has 2 heterocycles. The monoisotopic (exact) mass is 308 g/mol. The van der Waals surface area contributed by atoms with Crippen LogP contribution >= 0.6 is 11.6 Å². The molecule has 116 valence electrons. The molecule has 0 aromatic carbocycles. The molecule has 2 aromatic heterocycles. The van der Waals surface area contributed by atoms with Gasteiger partial charge in [-0.2, -0.15) is 5.10 Å². The summed E-state index contributed by atoms with van der Waals surface area (Å²) in [6.45, 7) is 3.23. The average Bonchev–Trinajstić information content (AvgIpc) is 3.14. The van der Waals surface area contributed by atoms with E-state index in [-0.39, 0.29) is 0 Å². The van der Waals surface area contributed by atoms with Gasteiger partial charge in [-0.1, -0.05) is 26.2 Å². The van der Waals surface area contributed by atoms with Gasteiger partial charge in [0, 0.05) is 25.9 Å². The van der Waals surface area contributed by atoms with E-state index in [2.05, 4.69) is 16.6 Å². The number of aromatic nitrogens is 4. The van der Waals surface area contributed by atoms with Crippen LogP contribution in [0.5, 0.6) is 0 Å². The fourth-order valence-electron chi connectivity index (χ4n) is 3.15. The SMILES string of the molecule is CCCc1nn(C)c2c1nc(CCCl)n2CCCC1CC1. The molecular formula is C16H25ClN4. The number of aryl methyl sites for hydroxylation is 4. The molecule has 0 spiro atoms. The summed E-state index contributed by atoms with van der Waals surface area (Å²) in [5.41, 5.74) is 3.40. The number of hydrogen-bond acceptors (Lipinski definition) is 2. The Bertz CT molecular complexity index is 609. The van der Waals surface area contributed by atoms with Gasteiger partial charge in [-0.25, -0.2) is 4.98 Å². The summed E-state index contributed by atoms with van der Waals surface area (Å²) in [6, 6.07) is 0. The predicted octanol–water partition coefficient (Wildman–Crippen LogP) is 3.69. The van der Waals surface area contributed by atoms with Crippen molar-refractivity contribution in [2.45, 2.75) is 58.4 Å². The third-order valence-corrected chi connectivity index (χ3v) is 4.56. The van der Waals surface area contributed by atoms with Gasteiger partial charge in [0.1, 0.15) is 11.3 Å². The average molecular weight is 309 g/mol. The van der Waals surface area contributed by atoms with Gasteiger partial charge in [-0.05, 0) is 25.2 Å². The van der Waals surface area contributed by atoms with Crippen LogP contribution in [0.2, 0.25) is 0 Å². The molecule has 0 atom stereocenters. The Morgan fingerprint density at radius 1 is 1.29 bits per heavy atom. The largest absolute Gasteiger partial charge is 0.313 e. The molecule has 0 amide bonds. The molecule has 0 bridgehead atoms. The van der Waals surface area contributed by atoms with Gasteiger partial charge in [-0.3, -0.25) is 4.68 Å². The van der Waals surface area contributed by atoms with Crippen molar-refractivity contribution in [2.75, 3.05) is 5.88 Å². The Labute approximate surface area is 131 Å². The van der Waals surface area contributed by atoms with Crippen molar-refractivity contribution in [3.63, 3.8) is 0 Å². The Balaban J connectivity index is 1.90. The summed E-state index contributed by atoms with van der Waals surface area (Å²) in [7, 11) is 2.03. The number of imidazole rings is 1. The van der Waals surface area contributed by atoms with Gasteiger partial charge in [0.25, 0.3) is 0 Å². The second kappa shape index (κ2) is 6.39. The van der Waals surface area contributed by atoms with Crippen LogP contribution in [0.25, 0.3) is 11.2 Å². The van der Waals surface area contributed by atoms with E-state index in [0.29, 0.717) is 5.88 Å². The molecule has 1 aliphatic carbocycles. The summed E-state index contributed by atoms with van der Waals surface area (Å²) >= 11 is 5.96. The summed E-state index contributed by atoms with van der Waals surface area (Å²) in [6.07, 6.45) is 8.38. The molecule has 1 aliphatic rings. The quantitative estimate of drug-likeness (QED) is 0.697. The van der Waals surface area contributed by atoms with E-state index in [1.54, 1.807) is 0 Å². The second-order valence-corrected chi connectivity index (χ2v) is 6.57. The Morgan fingerprint density at radius 2 is 2.10 bits per heavy atom. The van der Waals surface area contributed by atoms with E-state index in [4.69, 9.17) is 16.6 Å². The summed E-state index contributed by atoms with van der Waals surface area (Å²) in [5, 5.41) is 4.66. The molecular weight excluding hydrogens is 284 g/mol. The summed E-state index contributed by atoms with van der Waals surface area (Å²) in [5.74, 6) is 2.74. The minimum Gasteiger partial charge on any atom is -0.313 e. The van der Waals surface area contributed by atoms with Crippen molar-refractivity contribution in [3.05, 3.63) is 11.5 Å². The number of halogens is 1. The molecule has 21 heavy (non-hydrogen) atoms. The highest BCUT2D eigenvalue weighted by Crippen LogP contribution is 2.34. The lowest BCUT2D eigenvalue weighted by Crippen LogP contribution is -2.08. The molecule has 0 saturated heterocycles. The number of hydrogen-bond donors (Lipinski definition) is 0. The van der Waals surface area contributed by atoms with E-state index < -0.39 is 0 Å². The van der Waals surface area contributed by atoms with Crippen LogP contribution in [-0.2, 0) is 26.4 Å². The third-order valence-electron chi connectivity index (χ3n) is 4.37. The van der Waals surface area contributed by atoms with E-state index >= 15 is 0 Å². The minimum absolute atomic E-state index is 0.627. The normalized spacial score (nSPS) is 15.2. The zero-order valence-electron chi connectivity index (χ0n) is 13.1. The smallest absolute Gasteiger partial charge is 0.158 e. The van der Waals surface area contributed by atoms with E-state index in [9.17, 15) is 0 Å². The van der Waals surface area contributed by atoms with Gasteiger partial charge in [0.2, 0.25) is 0 Å². The summed E-state index contributed by atoms with van der Waals surface area (Å²) in [4.78, 5) is 4.85. The molecule has 2 aromatic rings. The highest BCUT2D eigenvalue weighted by molar-refractivity contribution is 6.17. The second-order valence-electron chi connectivity index (χ2n) is 6.20. The Morgan fingerprint density at radius 3 is 2.76 bits per heavy atom. The van der Waals surface area contributed by atoms with Crippen LogP contribution in [0.15, 0.2) is 0 Å². The molecule has 5 heteroatoms. The van der Waals surface area contributed by atoms with E-state index in [1.807, 2.05) is 11.7 Å². The van der Waals surface area contributed by atoms with Crippen molar-refractivity contribution in [3.8, 4) is 0 Å². The van der Waals surface area contributed by atoms with Crippen LogP contribution in [0, 0.1) is 5.92 Å². The van der Waals surface area contributed by atoms with Crippen molar-refractivity contribution < 1.29 is 0 Å². The lowest BCUT2D eigenvalue weighted by Gasteiger charge is -2.08. The first kappa shape index (κ1) is 14.9. The van der Waals surface area contributed by atoms with Gasteiger partial charge in [0.15, 0.2) is 5.65 Å². The Hall–Kier alpha value is -1.03. The van der Waals surface area contributed by atoms with Crippen LogP contribution in [0.1, 0.15) is 50.5 Å². The van der Waals surface area contributed by atoms with E-state index in [0.717, 1.165) is 48.8 Å². The molecule has 1 fully saturated rings. The lowest BCUT2D eigenvalue weighted by molar-refractivity contribution is 0.560. The summed E-state index contributed by atoms with van der Waals surface area (Å²) < 4.78 is 4.36. The van der Waals surface area contributed by atoms with Crippen molar-refractivity contribution in [1.29, 1.82) is 0 Å². The van der Waals surface area contributed by atoms with Crippen LogP contribution in [0.3, 0.4) is 0 Å². The fraction of sp³-hybridized carbons (Fsp3) is 0.750. The maximum Gasteiger partial charge on any atom is 0.158 e. The van der Waals surface area contributed by atoms with Gasteiger partial charge < -0.3 is 4.57 Å². The predicted molar refractivity (Wildman–Crippen MR) is 86.9 cm³/mol.